The number of H-pyrrole nitrogens is 2. The number of hydrogen-bond donors (Lipinski definition) is 3. The molecule has 0 spiro atoms. The fourth-order valence-electron chi connectivity index (χ4n) is 6.11. The third-order valence-electron chi connectivity index (χ3n) is 8.14. The molecule has 4 unspecified atom stereocenters. The minimum Gasteiger partial charge on any atom is -0.409 e. The summed E-state index contributed by atoms with van der Waals surface area (Å²) in [5, 5.41) is 4.91. The van der Waals surface area contributed by atoms with Crippen LogP contribution < -0.4 is 5.32 Å². The number of para-hydroxylation sites is 1. The Labute approximate surface area is 236 Å². The Bertz CT molecular complexity index is 1730. The summed E-state index contributed by atoms with van der Waals surface area (Å²) in [5.41, 5.74) is 3.98. The number of hydrogen-bond acceptors (Lipinski definition) is 7. The summed E-state index contributed by atoms with van der Waals surface area (Å²) in [5.74, 6) is 0.485. The van der Waals surface area contributed by atoms with Gasteiger partial charge in [0.05, 0.1) is 48.0 Å². The number of carbonyl (C=O) groups is 1. The molecule has 3 aliphatic heterocycles. The number of aromatic nitrogens is 4. The smallest absolute Gasteiger partial charge is 0.314 e. The van der Waals surface area contributed by atoms with Crippen LogP contribution in [-0.4, -0.2) is 50.6 Å². The van der Waals surface area contributed by atoms with Crippen molar-refractivity contribution >= 4 is 29.0 Å². The van der Waals surface area contributed by atoms with Crippen LogP contribution in [-0.2, 0) is 21.5 Å². The predicted octanol–water partition coefficient (Wildman–Crippen LogP) is 4.95. The van der Waals surface area contributed by atoms with E-state index in [9.17, 15) is 9.18 Å². The van der Waals surface area contributed by atoms with Crippen molar-refractivity contribution in [1.82, 2.24) is 25.3 Å². The Balaban J connectivity index is 1.44. The molecule has 0 aliphatic carbocycles. The molecule has 3 aromatic heterocycles. The molecule has 6 heterocycles. The maximum atomic E-state index is 13.5. The van der Waals surface area contributed by atoms with Crippen LogP contribution in [0.3, 0.4) is 0 Å². The van der Waals surface area contributed by atoms with Crippen LogP contribution in [0.15, 0.2) is 70.4 Å². The van der Waals surface area contributed by atoms with Crippen LogP contribution in [0.1, 0.15) is 49.8 Å². The molecule has 0 saturated heterocycles. The van der Waals surface area contributed by atoms with Gasteiger partial charge in [-0.05, 0) is 42.5 Å². The number of fused-ring (bicyclic) bond motifs is 3. The normalized spacial score (nSPS) is 25.9. The molecule has 4 aromatic rings. The first kappa shape index (κ1) is 25.5. The summed E-state index contributed by atoms with van der Waals surface area (Å²) in [7, 11) is 0. The van der Waals surface area contributed by atoms with Gasteiger partial charge >= 0.3 is 5.97 Å². The minimum absolute atomic E-state index is 0.184. The Hall–Kier alpha value is -4.44. The first-order valence-corrected chi connectivity index (χ1v) is 14.0. The van der Waals surface area contributed by atoms with Gasteiger partial charge in [-0.3, -0.25) is 20.1 Å². The summed E-state index contributed by atoms with van der Waals surface area (Å²) < 4.78 is 19.5. The number of ether oxygens (including phenoxy) is 1. The van der Waals surface area contributed by atoms with E-state index in [4.69, 9.17) is 14.7 Å². The van der Waals surface area contributed by atoms with Gasteiger partial charge in [-0.25, -0.2) is 14.4 Å². The van der Waals surface area contributed by atoms with Crippen LogP contribution in [0, 0.1) is 11.7 Å². The van der Waals surface area contributed by atoms with Gasteiger partial charge in [0, 0.05) is 29.2 Å². The number of carbonyl (C=O) groups excluding carboxylic acids is 1. The number of esters is 1. The molecule has 0 saturated carbocycles. The molecular weight excluding hydrogens is 521 g/mol. The largest absolute Gasteiger partial charge is 0.409 e. The summed E-state index contributed by atoms with van der Waals surface area (Å²) in [6, 6.07) is 10.7. The quantitative estimate of drug-likeness (QED) is 0.303. The lowest BCUT2D eigenvalue weighted by Gasteiger charge is -2.44. The minimum atomic E-state index is -1.11. The molecule has 9 nitrogen and oxygen atoms in total. The first-order chi connectivity index (χ1) is 19.9. The van der Waals surface area contributed by atoms with Crippen LogP contribution in [0.2, 0.25) is 0 Å². The van der Waals surface area contributed by atoms with Gasteiger partial charge in [-0.15, -0.1) is 0 Å². The summed E-state index contributed by atoms with van der Waals surface area (Å²) >= 11 is 0. The zero-order valence-corrected chi connectivity index (χ0v) is 22.8. The van der Waals surface area contributed by atoms with Gasteiger partial charge in [-0.1, -0.05) is 38.1 Å². The molecule has 4 atom stereocenters. The Kier molecular flexibility index (Phi) is 6.15. The lowest BCUT2D eigenvalue weighted by Crippen LogP contribution is -2.58. The maximum absolute atomic E-state index is 13.5. The molecule has 0 bridgehead atoms. The highest BCUT2D eigenvalue weighted by molar-refractivity contribution is 6.06. The fraction of sp³-hybridized carbons (Fsp3) is 0.323. The van der Waals surface area contributed by atoms with Crippen molar-refractivity contribution in [2.75, 3.05) is 6.54 Å². The van der Waals surface area contributed by atoms with Crippen LogP contribution in [0.4, 0.5) is 4.39 Å². The van der Waals surface area contributed by atoms with Gasteiger partial charge in [0.2, 0.25) is 5.90 Å². The number of aromatic amines is 2. The Morgan fingerprint density at radius 3 is 2.78 bits per heavy atom. The van der Waals surface area contributed by atoms with Gasteiger partial charge in [-0.2, -0.15) is 0 Å². The summed E-state index contributed by atoms with van der Waals surface area (Å²) in [4.78, 5) is 38.7. The molecule has 3 N–H and O–H groups in total. The molecule has 0 amide bonds. The van der Waals surface area contributed by atoms with Crippen molar-refractivity contribution in [2.24, 2.45) is 15.9 Å². The van der Waals surface area contributed by atoms with Crippen LogP contribution in [0.25, 0.3) is 22.3 Å². The standard InChI is InChI=1S/C31H30FN7O2/c1-3-20-11-27(40)41-30(36-20)31(18-10-17(2)13-33-14-18)28-22(21-6-4-5-7-23(21)37-28)12-25(39-31)29-35-16-26(38-29)24-9-8-19(32)15-34-24/h4-10,14-17,20,25,37,39H,3,11-13H2,1-2H3,(H,35,38). The summed E-state index contributed by atoms with van der Waals surface area (Å²) in [6.07, 6.45) is 8.52. The van der Waals surface area contributed by atoms with E-state index in [0.29, 0.717) is 42.5 Å². The second-order valence-corrected chi connectivity index (χ2v) is 11.0. The topological polar surface area (TPSA) is 120 Å². The molecule has 10 heteroatoms. The second kappa shape index (κ2) is 9.88. The predicted molar refractivity (Wildman–Crippen MR) is 154 cm³/mol. The van der Waals surface area contributed by atoms with Gasteiger partial charge in [0.1, 0.15) is 11.6 Å². The third kappa shape index (κ3) is 4.30. The van der Waals surface area contributed by atoms with Gasteiger partial charge < -0.3 is 14.7 Å². The SMILES string of the molecule is CCC1CC(=O)OC(C2(C3=CC(C)CN=C3)NC(c3ncc(-c4ccc(F)cn4)[nH]3)Cc3c2[nH]c2ccccc32)=N1. The molecule has 41 heavy (non-hydrogen) atoms. The lowest BCUT2D eigenvalue weighted by atomic mass is 9.76. The van der Waals surface area contributed by atoms with E-state index in [-0.39, 0.29) is 30.4 Å². The van der Waals surface area contributed by atoms with E-state index < -0.39 is 11.4 Å². The van der Waals surface area contributed by atoms with E-state index in [2.05, 4.69) is 44.3 Å². The number of aliphatic imine (C=N–C) groups is 2. The third-order valence-corrected chi connectivity index (χ3v) is 8.14. The maximum Gasteiger partial charge on any atom is 0.314 e. The number of halogens is 1. The zero-order valence-electron chi connectivity index (χ0n) is 22.8. The number of nitrogens with one attached hydrogen (secondary N) is 3. The lowest BCUT2D eigenvalue weighted by molar-refractivity contribution is -0.137. The van der Waals surface area contributed by atoms with Crippen LogP contribution in [0.5, 0.6) is 0 Å². The number of rotatable bonds is 5. The van der Waals surface area contributed by atoms with Crippen LogP contribution >= 0.6 is 0 Å². The monoisotopic (exact) mass is 551 g/mol. The van der Waals surface area contributed by atoms with Gasteiger partial charge in [0.25, 0.3) is 0 Å². The number of dihydropyridines is 1. The highest BCUT2D eigenvalue weighted by Crippen LogP contribution is 2.45. The Morgan fingerprint density at radius 1 is 1.10 bits per heavy atom. The van der Waals surface area contributed by atoms with Crippen molar-refractivity contribution in [3.8, 4) is 11.4 Å². The second-order valence-electron chi connectivity index (χ2n) is 11.0. The molecule has 1 aromatic carbocycles. The van der Waals surface area contributed by atoms with Gasteiger partial charge in [0.15, 0.2) is 5.54 Å². The number of cyclic esters (lactones) is 1. The average Bonchev–Trinajstić information content (AvgIpc) is 3.62. The van der Waals surface area contributed by atoms with E-state index >= 15 is 0 Å². The number of pyridine rings is 1. The highest BCUT2D eigenvalue weighted by atomic mass is 19.1. The van der Waals surface area contributed by atoms with E-state index in [1.807, 2.05) is 31.3 Å². The highest BCUT2D eigenvalue weighted by Gasteiger charge is 2.53. The molecule has 3 aliphatic rings. The molecule has 0 fully saturated rings. The fourth-order valence-corrected chi connectivity index (χ4v) is 6.11. The van der Waals surface area contributed by atoms with Crippen molar-refractivity contribution < 1.29 is 13.9 Å². The molecule has 208 valence electrons. The first-order valence-electron chi connectivity index (χ1n) is 14.0. The number of imidazole rings is 1. The van der Waals surface area contributed by atoms with Crippen molar-refractivity contribution in [3.63, 3.8) is 0 Å². The van der Waals surface area contributed by atoms with Crippen molar-refractivity contribution in [3.05, 3.63) is 83.3 Å². The van der Waals surface area contributed by atoms with E-state index in [0.717, 1.165) is 27.7 Å². The van der Waals surface area contributed by atoms with E-state index in [1.54, 1.807) is 12.3 Å². The molecule has 7 rings (SSSR count). The molecular formula is C31H30FN7O2. The number of benzene rings is 1. The van der Waals surface area contributed by atoms with Crippen molar-refractivity contribution in [2.45, 2.75) is 50.7 Å². The average molecular weight is 552 g/mol. The number of nitrogens with zero attached hydrogens (tertiary/aromatic N) is 4. The zero-order chi connectivity index (χ0) is 28.1. The Morgan fingerprint density at radius 2 is 1.98 bits per heavy atom. The van der Waals surface area contributed by atoms with Crippen molar-refractivity contribution in [1.29, 1.82) is 0 Å². The molecule has 0 radical (unpaired) electrons. The van der Waals surface area contributed by atoms with E-state index in [1.165, 1.54) is 12.3 Å². The summed E-state index contributed by atoms with van der Waals surface area (Å²) in [6.45, 7) is 4.83.